The van der Waals surface area contributed by atoms with Crippen LogP contribution in [0.1, 0.15) is 11.6 Å². The van der Waals surface area contributed by atoms with E-state index < -0.39 is 0 Å². The first-order valence-electron chi connectivity index (χ1n) is 9.62. The van der Waals surface area contributed by atoms with Crippen LogP contribution in [0.4, 0.5) is 0 Å². The summed E-state index contributed by atoms with van der Waals surface area (Å²) in [5.41, 5.74) is 2.51. The van der Waals surface area contributed by atoms with Gasteiger partial charge in [-0.05, 0) is 62.4 Å². The molecule has 0 atom stereocenters. The third-order valence-corrected chi connectivity index (χ3v) is 5.25. The van der Waals surface area contributed by atoms with Crippen LogP contribution in [-0.4, -0.2) is 19.1 Å². The monoisotopic (exact) mass is 394 g/mol. The summed E-state index contributed by atoms with van der Waals surface area (Å²) in [5, 5.41) is 1.14. The van der Waals surface area contributed by atoms with Crippen LogP contribution in [0.3, 0.4) is 0 Å². The Morgan fingerprint density at radius 3 is 1.33 bits per heavy atom. The van der Waals surface area contributed by atoms with Gasteiger partial charge in [-0.2, -0.15) is 0 Å². The second-order valence-corrected chi connectivity index (χ2v) is 7.15. The van der Waals surface area contributed by atoms with Crippen LogP contribution in [0.25, 0.3) is 33.2 Å². The van der Waals surface area contributed by atoms with Crippen molar-refractivity contribution in [1.82, 2.24) is 19.1 Å². The lowest BCUT2D eigenvalue weighted by Crippen LogP contribution is -2.23. The van der Waals surface area contributed by atoms with Gasteiger partial charge < -0.3 is 0 Å². The number of rotatable bonds is 2. The molecule has 30 heavy (non-hydrogen) atoms. The van der Waals surface area contributed by atoms with E-state index in [1.54, 1.807) is 21.3 Å². The Labute approximate surface area is 171 Å². The summed E-state index contributed by atoms with van der Waals surface area (Å²) in [4.78, 5) is 35.1. The van der Waals surface area contributed by atoms with Crippen LogP contribution in [0.5, 0.6) is 0 Å². The molecule has 0 amide bonds. The maximum Gasteiger partial charge on any atom is 0.265 e. The van der Waals surface area contributed by atoms with Crippen LogP contribution < -0.4 is 11.1 Å². The van der Waals surface area contributed by atoms with E-state index >= 15 is 0 Å². The highest BCUT2D eigenvalue weighted by Gasteiger charge is 2.12. The van der Waals surface area contributed by atoms with Gasteiger partial charge in [-0.15, -0.1) is 0 Å². The van der Waals surface area contributed by atoms with Gasteiger partial charge in [-0.1, -0.05) is 24.3 Å². The molecule has 0 saturated heterocycles. The maximum absolute atomic E-state index is 13.0. The largest absolute Gasteiger partial charge is 0.268 e. The minimum atomic E-state index is -0.119. The van der Waals surface area contributed by atoms with Crippen LogP contribution in [0, 0.1) is 13.8 Å². The van der Waals surface area contributed by atoms with Gasteiger partial charge in [0.15, 0.2) is 0 Å². The molecule has 0 fully saturated rings. The second kappa shape index (κ2) is 6.77. The van der Waals surface area contributed by atoms with Crippen molar-refractivity contribution in [1.29, 1.82) is 0 Å². The van der Waals surface area contributed by atoms with Crippen molar-refractivity contribution in [2.24, 2.45) is 0 Å². The number of benzene rings is 3. The molecule has 146 valence electrons. The number of hydrogen-bond acceptors (Lipinski definition) is 4. The fourth-order valence-electron chi connectivity index (χ4n) is 3.85. The van der Waals surface area contributed by atoms with Crippen LogP contribution >= 0.6 is 0 Å². The first-order chi connectivity index (χ1) is 14.5. The lowest BCUT2D eigenvalue weighted by atomic mass is 10.2. The third-order valence-electron chi connectivity index (χ3n) is 5.25. The molecule has 0 aliphatic carbocycles. The molecule has 2 aromatic heterocycles. The van der Waals surface area contributed by atoms with Crippen molar-refractivity contribution in [2.75, 3.05) is 0 Å². The Balaban J connectivity index is 1.66. The molecule has 5 aromatic rings. The third kappa shape index (κ3) is 2.73. The van der Waals surface area contributed by atoms with Crippen molar-refractivity contribution in [2.45, 2.75) is 13.8 Å². The topological polar surface area (TPSA) is 69.8 Å². The van der Waals surface area contributed by atoms with Crippen molar-refractivity contribution in [3.63, 3.8) is 0 Å². The second-order valence-electron chi connectivity index (χ2n) is 7.15. The molecule has 0 aliphatic rings. The molecule has 6 heteroatoms. The number of fused-ring (bicyclic) bond motifs is 2. The highest BCUT2D eigenvalue weighted by atomic mass is 16.1. The summed E-state index contributed by atoms with van der Waals surface area (Å²) in [6.45, 7) is 3.62. The highest BCUT2D eigenvalue weighted by Crippen LogP contribution is 2.17. The lowest BCUT2D eigenvalue weighted by Gasteiger charge is -2.13. The number of hydrogen-bond donors (Lipinski definition) is 0. The summed E-state index contributed by atoms with van der Waals surface area (Å²) in [6, 6.07) is 21.9. The standard InChI is InChI=1S/C24H18N4O2/c1-15-25-21-9-5-3-7-19(21)23(29)27(15)17-11-13-18(14-12-17)28-16(2)26-22-10-6-4-8-20(22)24(28)30/h3-14H,1-2H3. The minimum Gasteiger partial charge on any atom is -0.268 e. The van der Waals surface area contributed by atoms with E-state index in [1.165, 1.54) is 0 Å². The quantitative estimate of drug-likeness (QED) is 0.458. The van der Waals surface area contributed by atoms with Crippen molar-refractivity contribution >= 4 is 21.8 Å². The summed E-state index contributed by atoms with van der Waals surface area (Å²) >= 11 is 0. The van der Waals surface area contributed by atoms with Gasteiger partial charge >= 0.3 is 0 Å². The zero-order valence-electron chi connectivity index (χ0n) is 16.5. The molecule has 0 unspecified atom stereocenters. The number of nitrogens with zero attached hydrogens (tertiary/aromatic N) is 4. The predicted molar refractivity (Wildman–Crippen MR) is 118 cm³/mol. The summed E-state index contributed by atoms with van der Waals surface area (Å²) in [7, 11) is 0. The normalized spacial score (nSPS) is 11.3. The summed E-state index contributed by atoms with van der Waals surface area (Å²) in [6.07, 6.45) is 0. The van der Waals surface area contributed by atoms with Gasteiger partial charge in [0.05, 0.1) is 33.2 Å². The molecular formula is C24H18N4O2. The fraction of sp³-hybridized carbons (Fsp3) is 0.0833. The summed E-state index contributed by atoms with van der Waals surface area (Å²) < 4.78 is 3.17. The van der Waals surface area contributed by atoms with Crippen LogP contribution in [-0.2, 0) is 0 Å². The molecule has 2 heterocycles. The van der Waals surface area contributed by atoms with E-state index in [0.29, 0.717) is 44.8 Å². The zero-order chi connectivity index (χ0) is 20.8. The Bertz CT molecular complexity index is 1430. The average molecular weight is 394 g/mol. The Hall–Kier alpha value is -4.06. The molecule has 0 bridgehead atoms. The molecule has 0 aliphatic heterocycles. The Morgan fingerprint density at radius 2 is 0.933 bits per heavy atom. The molecule has 6 nitrogen and oxygen atoms in total. The average Bonchev–Trinajstić information content (AvgIpc) is 2.75. The minimum absolute atomic E-state index is 0.119. The van der Waals surface area contributed by atoms with E-state index in [9.17, 15) is 9.59 Å². The van der Waals surface area contributed by atoms with Gasteiger partial charge in [-0.3, -0.25) is 18.7 Å². The van der Waals surface area contributed by atoms with Crippen molar-refractivity contribution < 1.29 is 0 Å². The number of aromatic nitrogens is 4. The molecular weight excluding hydrogens is 376 g/mol. The SMILES string of the molecule is Cc1nc2ccccc2c(=O)n1-c1ccc(-n2c(C)nc3ccccc3c2=O)cc1. The van der Waals surface area contributed by atoms with E-state index in [4.69, 9.17) is 0 Å². The first-order valence-corrected chi connectivity index (χ1v) is 9.62. The fourth-order valence-corrected chi connectivity index (χ4v) is 3.85. The van der Waals surface area contributed by atoms with Gasteiger partial charge in [0, 0.05) is 0 Å². The summed E-state index contributed by atoms with van der Waals surface area (Å²) in [5.74, 6) is 1.21. The van der Waals surface area contributed by atoms with E-state index in [2.05, 4.69) is 9.97 Å². The Morgan fingerprint density at radius 1 is 0.567 bits per heavy atom. The van der Waals surface area contributed by atoms with Crippen molar-refractivity contribution in [3.05, 3.63) is 105 Å². The smallest absolute Gasteiger partial charge is 0.265 e. The molecule has 5 rings (SSSR count). The molecule has 0 N–H and O–H groups in total. The van der Waals surface area contributed by atoms with Gasteiger partial charge in [0.1, 0.15) is 11.6 Å². The highest BCUT2D eigenvalue weighted by molar-refractivity contribution is 5.78. The number of para-hydroxylation sites is 2. The maximum atomic E-state index is 13.0. The molecule has 0 spiro atoms. The zero-order valence-corrected chi connectivity index (χ0v) is 16.5. The lowest BCUT2D eigenvalue weighted by molar-refractivity contribution is 0.880. The molecule has 0 saturated carbocycles. The Kier molecular flexibility index (Phi) is 4.06. The number of aryl methyl sites for hydroxylation is 2. The van der Waals surface area contributed by atoms with Crippen LogP contribution in [0.2, 0.25) is 0 Å². The first kappa shape index (κ1) is 18.0. The van der Waals surface area contributed by atoms with E-state index in [1.807, 2.05) is 74.5 Å². The van der Waals surface area contributed by atoms with E-state index in [0.717, 1.165) is 0 Å². The van der Waals surface area contributed by atoms with Gasteiger partial charge in [0.2, 0.25) is 0 Å². The van der Waals surface area contributed by atoms with Crippen LogP contribution in [0.15, 0.2) is 82.4 Å². The van der Waals surface area contributed by atoms with Crippen molar-refractivity contribution in [3.8, 4) is 11.4 Å². The van der Waals surface area contributed by atoms with E-state index in [-0.39, 0.29) is 11.1 Å². The van der Waals surface area contributed by atoms with Gasteiger partial charge in [0.25, 0.3) is 11.1 Å². The predicted octanol–water partition coefficient (Wildman–Crippen LogP) is 3.70. The molecule has 0 radical (unpaired) electrons. The molecule has 3 aromatic carbocycles. The van der Waals surface area contributed by atoms with Gasteiger partial charge in [-0.25, -0.2) is 9.97 Å².